The van der Waals surface area contributed by atoms with Crippen molar-refractivity contribution >= 4 is 0 Å². The van der Waals surface area contributed by atoms with E-state index in [0.717, 1.165) is 18.8 Å². The Morgan fingerprint density at radius 2 is 1.92 bits per heavy atom. The third-order valence-corrected chi connectivity index (χ3v) is 1.98. The predicted molar refractivity (Wildman–Crippen MR) is 55.9 cm³/mol. The molecule has 0 unspecified atom stereocenters. The Hall–Kier alpha value is -0.980. The van der Waals surface area contributed by atoms with E-state index in [1.807, 2.05) is 19.1 Å². The fraction of sp³-hybridized carbons (Fsp3) is 0.417. The first-order chi connectivity index (χ1) is 6.36. The Morgan fingerprint density at radius 1 is 1.23 bits per heavy atom. The van der Waals surface area contributed by atoms with Crippen LogP contribution in [0.2, 0.25) is 0 Å². The fourth-order valence-corrected chi connectivity index (χ4v) is 1.09. The van der Waals surface area contributed by atoms with Gasteiger partial charge in [0, 0.05) is 0 Å². The second kappa shape index (κ2) is 5.63. The van der Waals surface area contributed by atoms with Crippen LogP contribution in [-0.2, 0) is 0 Å². The molecule has 0 amide bonds. The molecule has 0 aliphatic carbocycles. The third-order valence-electron chi connectivity index (χ3n) is 1.98. The van der Waals surface area contributed by atoms with Crippen molar-refractivity contribution in [1.82, 2.24) is 0 Å². The van der Waals surface area contributed by atoms with Gasteiger partial charge in [0.1, 0.15) is 5.75 Å². The van der Waals surface area contributed by atoms with Gasteiger partial charge in [-0.1, -0.05) is 32.4 Å². The average molecular weight is 177 g/mol. The average Bonchev–Trinajstić information content (AvgIpc) is 2.19. The Balaban J connectivity index is 2.40. The van der Waals surface area contributed by atoms with Crippen LogP contribution in [0.25, 0.3) is 0 Å². The molecular weight excluding hydrogens is 160 g/mol. The van der Waals surface area contributed by atoms with E-state index in [1.54, 1.807) is 0 Å². The molecule has 0 aromatic heterocycles. The van der Waals surface area contributed by atoms with Gasteiger partial charge in [0.25, 0.3) is 0 Å². The summed E-state index contributed by atoms with van der Waals surface area (Å²) < 4.78 is 5.53. The van der Waals surface area contributed by atoms with Crippen LogP contribution >= 0.6 is 0 Å². The molecule has 1 aromatic carbocycles. The molecule has 0 heterocycles. The molecule has 1 aromatic rings. The van der Waals surface area contributed by atoms with Gasteiger partial charge in [0.15, 0.2) is 0 Å². The Kier molecular flexibility index (Phi) is 4.37. The number of unbranched alkanes of at least 4 members (excludes halogenated alkanes) is 1. The van der Waals surface area contributed by atoms with Gasteiger partial charge in [0.2, 0.25) is 0 Å². The molecular formula is C12H17O. The Labute approximate surface area is 80.7 Å². The molecule has 0 bridgehead atoms. The zero-order chi connectivity index (χ0) is 9.52. The number of benzene rings is 1. The van der Waals surface area contributed by atoms with Crippen LogP contribution in [0.4, 0.5) is 0 Å². The number of ether oxygens (including phenoxy) is 1. The van der Waals surface area contributed by atoms with Crippen molar-refractivity contribution in [2.75, 3.05) is 6.61 Å². The van der Waals surface area contributed by atoms with E-state index in [1.165, 1.54) is 12.0 Å². The van der Waals surface area contributed by atoms with E-state index in [2.05, 4.69) is 25.5 Å². The van der Waals surface area contributed by atoms with Crippen molar-refractivity contribution in [3.05, 3.63) is 36.2 Å². The maximum absolute atomic E-state index is 5.53. The fourth-order valence-electron chi connectivity index (χ4n) is 1.09. The lowest BCUT2D eigenvalue weighted by Gasteiger charge is -2.05. The van der Waals surface area contributed by atoms with Crippen LogP contribution in [0.15, 0.2) is 24.3 Å². The molecule has 0 aliphatic heterocycles. The van der Waals surface area contributed by atoms with E-state index < -0.39 is 0 Å². The number of hydrogen-bond donors (Lipinski definition) is 0. The van der Waals surface area contributed by atoms with Crippen molar-refractivity contribution in [2.45, 2.75) is 26.7 Å². The molecule has 71 valence electrons. The molecule has 0 aliphatic rings. The van der Waals surface area contributed by atoms with Gasteiger partial charge in [-0.3, -0.25) is 0 Å². The molecule has 0 spiro atoms. The van der Waals surface area contributed by atoms with Gasteiger partial charge < -0.3 is 4.74 Å². The van der Waals surface area contributed by atoms with Crippen molar-refractivity contribution in [3.63, 3.8) is 0 Å². The van der Waals surface area contributed by atoms with Crippen LogP contribution in [-0.4, -0.2) is 6.61 Å². The van der Waals surface area contributed by atoms with E-state index >= 15 is 0 Å². The first-order valence-corrected chi connectivity index (χ1v) is 4.89. The summed E-state index contributed by atoms with van der Waals surface area (Å²) in [6.07, 6.45) is 4.39. The van der Waals surface area contributed by atoms with Crippen LogP contribution < -0.4 is 4.74 Å². The van der Waals surface area contributed by atoms with Gasteiger partial charge in [-0.2, -0.15) is 0 Å². The summed E-state index contributed by atoms with van der Waals surface area (Å²) >= 11 is 0. The van der Waals surface area contributed by atoms with Crippen LogP contribution in [0.1, 0.15) is 32.3 Å². The second-order valence-electron chi connectivity index (χ2n) is 3.06. The molecule has 0 saturated carbocycles. The highest BCUT2D eigenvalue weighted by atomic mass is 16.5. The second-order valence-corrected chi connectivity index (χ2v) is 3.06. The van der Waals surface area contributed by atoms with Crippen molar-refractivity contribution in [1.29, 1.82) is 0 Å². The Morgan fingerprint density at radius 3 is 2.46 bits per heavy atom. The minimum atomic E-state index is 0.825. The molecule has 0 fully saturated rings. The normalized spacial score (nSPS) is 10.0. The highest BCUT2D eigenvalue weighted by molar-refractivity contribution is 5.30. The lowest BCUT2D eigenvalue weighted by molar-refractivity contribution is 0.309. The minimum Gasteiger partial charge on any atom is -0.494 e. The van der Waals surface area contributed by atoms with Gasteiger partial charge in [-0.15, -0.1) is 0 Å². The van der Waals surface area contributed by atoms with E-state index in [0.29, 0.717) is 0 Å². The summed E-state index contributed by atoms with van der Waals surface area (Å²) in [5.74, 6) is 0.971. The molecule has 0 atom stereocenters. The summed E-state index contributed by atoms with van der Waals surface area (Å²) in [5.41, 5.74) is 1.24. The van der Waals surface area contributed by atoms with E-state index in [9.17, 15) is 0 Å². The highest BCUT2D eigenvalue weighted by Crippen LogP contribution is 2.13. The zero-order valence-corrected chi connectivity index (χ0v) is 8.42. The molecule has 0 saturated heterocycles. The third kappa shape index (κ3) is 3.49. The van der Waals surface area contributed by atoms with Crippen molar-refractivity contribution in [2.24, 2.45) is 0 Å². The Bertz CT molecular complexity index is 225. The van der Waals surface area contributed by atoms with Gasteiger partial charge >= 0.3 is 0 Å². The van der Waals surface area contributed by atoms with Crippen molar-refractivity contribution in [3.8, 4) is 5.75 Å². The monoisotopic (exact) mass is 177 g/mol. The molecule has 1 nitrogen and oxygen atoms in total. The highest BCUT2D eigenvalue weighted by Gasteiger charge is 1.93. The molecule has 1 heteroatoms. The molecule has 13 heavy (non-hydrogen) atoms. The maximum atomic E-state index is 5.53. The topological polar surface area (TPSA) is 9.23 Å². The first-order valence-electron chi connectivity index (χ1n) is 4.89. The quantitative estimate of drug-likeness (QED) is 0.626. The first kappa shape index (κ1) is 10.1. The van der Waals surface area contributed by atoms with Crippen LogP contribution in [0, 0.1) is 6.42 Å². The maximum Gasteiger partial charge on any atom is 0.119 e. The standard InChI is InChI=1S/C12H17O/c1-3-5-10-13-12-8-6-11(4-2)7-9-12/h4,6-9H,3,5,10H2,1-2H3. The van der Waals surface area contributed by atoms with Gasteiger partial charge in [-0.25, -0.2) is 0 Å². The lowest BCUT2D eigenvalue weighted by atomic mass is 10.2. The number of hydrogen-bond acceptors (Lipinski definition) is 1. The minimum absolute atomic E-state index is 0.825. The largest absolute Gasteiger partial charge is 0.494 e. The summed E-state index contributed by atoms with van der Waals surface area (Å²) in [6, 6.07) is 8.18. The smallest absolute Gasteiger partial charge is 0.119 e. The lowest BCUT2D eigenvalue weighted by Crippen LogP contribution is -1.95. The summed E-state index contributed by atoms with van der Waals surface area (Å²) in [6.45, 7) is 5.02. The summed E-state index contributed by atoms with van der Waals surface area (Å²) in [7, 11) is 0. The van der Waals surface area contributed by atoms with E-state index in [-0.39, 0.29) is 0 Å². The molecule has 1 rings (SSSR count). The SMILES string of the molecule is C[CH]c1ccc(OCCCC)cc1. The predicted octanol–water partition coefficient (Wildman–Crippen LogP) is 3.44. The van der Waals surface area contributed by atoms with E-state index in [4.69, 9.17) is 4.74 Å². The van der Waals surface area contributed by atoms with Crippen LogP contribution in [0.3, 0.4) is 0 Å². The summed E-state index contributed by atoms with van der Waals surface area (Å²) in [5, 5.41) is 0. The van der Waals surface area contributed by atoms with Crippen molar-refractivity contribution < 1.29 is 4.74 Å². The summed E-state index contributed by atoms with van der Waals surface area (Å²) in [4.78, 5) is 0. The van der Waals surface area contributed by atoms with Gasteiger partial charge in [0.05, 0.1) is 6.61 Å². The number of rotatable bonds is 5. The molecule has 1 radical (unpaired) electrons. The van der Waals surface area contributed by atoms with Gasteiger partial charge in [-0.05, 0) is 30.5 Å². The van der Waals surface area contributed by atoms with Crippen LogP contribution in [0.5, 0.6) is 5.75 Å². The zero-order valence-electron chi connectivity index (χ0n) is 8.42. The molecule has 0 N–H and O–H groups in total.